The monoisotopic (exact) mass is 319 g/mol. The molecule has 0 bridgehead atoms. The molecule has 3 rings (SSSR count). The molecule has 1 aliphatic heterocycles. The van der Waals surface area contributed by atoms with E-state index in [-0.39, 0.29) is 17.7 Å². The third kappa shape index (κ3) is 3.19. The maximum atomic E-state index is 12.2. The maximum absolute atomic E-state index is 12.2. The van der Waals surface area contributed by atoms with Crippen molar-refractivity contribution in [2.75, 3.05) is 18.4 Å². The normalized spacial score (nSPS) is 15.8. The number of piperidine rings is 1. The van der Waals surface area contributed by atoms with Gasteiger partial charge in [-0.05, 0) is 31.9 Å². The van der Waals surface area contributed by atoms with Crippen molar-refractivity contribution in [2.24, 2.45) is 5.92 Å². The molecule has 0 radical (unpaired) electrons. The number of thiazole rings is 1. The average Bonchev–Trinajstić information content (AvgIpc) is 3.18. The number of nitrogens with one attached hydrogen (secondary N) is 1. The molecule has 1 N–H and O–H groups in total. The zero-order chi connectivity index (χ0) is 15.5. The predicted molar refractivity (Wildman–Crippen MR) is 82.8 cm³/mol. The fourth-order valence-corrected chi connectivity index (χ4v) is 3.19. The lowest BCUT2D eigenvalue weighted by Crippen LogP contribution is -2.41. The molecule has 0 unspecified atom stereocenters. The van der Waals surface area contributed by atoms with Crippen molar-refractivity contribution in [1.82, 2.24) is 9.88 Å². The van der Waals surface area contributed by atoms with E-state index < -0.39 is 0 Å². The molecule has 6 nitrogen and oxygen atoms in total. The van der Waals surface area contributed by atoms with Crippen LogP contribution in [0, 0.1) is 12.8 Å². The minimum Gasteiger partial charge on any atom is -0.459 e. The highest BCUT2D eigenvalue weighted by Crippen LogP contribution is 2.23. The highest BCUT2D eigenvalue weighted by atomic mass is 32.1. The first-order valence-electron chi connectivity index (χ1n) is 7.19. The molecule has 0 aliphatic carbocycles. The lowest BCUT2D eigenvalue weighted by atomic mass is 9.96. The summed E-state index contributed by atoms with van der Waals surface area (Å²) in [7, 11) is 0. The second kappa shape index (κ2) is 6.31. The van der Waals surface area contributed by atoms with E-state index in [2.05, 4.69) is 10.3 Å². The molecule has 2 aromatic rings. The Morgan fingerprint density at radius 1 is 1.41 bits per heavy atom. The second-order valence-electron chi connectivity index (χ2n) is 5.31. The summed E-state index contributed by atoms with van der Waals surface area (Å²) in [4.78, 5) is 31.3. The maximum Gasteiger partial charge on any atom is 0.289 e. The van der Waals surface area contributed by atoms with Crippen molar-refractivity contribution in [1.29, 1.82) is 0 Å². The third-order valence-corrected chi connectivity index (χ3v) is 4.56. The van der Waals surface area contributed by atoms with Crippen molar-refractivity contribution in [3.8, 4) is 0 Å². The van der Waals surface area contributed by atoms with E-state index in [4.69, 9.17) is 4.42 Å². The number of nitrogens with zero attached hydrogens (tertiary/aromatic N) is 2. The molecule has 0 spiro atoms. The number of likely N-dealkylation sites (tertiary alicyclic amines) is 1. The van der Waals surface area contributed by atoms with Gasteiger partial charge in [-0.3, -0.25) is 9.59 Å². The number of amides is 2. The van der Waals surface area contributed by atoms with Gasteiger partial charge in [0.25, 0.3) is 5.91 Å². The Labute approximate surface area is 132 Å². The molecule has 1 fully saturated rings. The molecule has 0 atom stereocenters. The lowest BCUT2D eigenvalue weighted by molar-refractivity contribution is -0.121. The van der Waals surface area contributed by atoms with Crippen molar-refractivity contribution >= 4 is 28.3 Å². The van der Waals surface area contributed by atoms with Gasteiger partial charge in [-0.25, -0.2) is 4.98 Å². The number of hydrogen-bond acceptors (Lipinski definition) is 5. The third-order valence-electron chi connectivity index (χ3n) is 3.74. The van der Waals surface area contributed by atoms with E-state index >= 15 is 0 Å². The van der Waals surface area contributed by atoms with Gasteiger partial charge in [0.1, 0.15) is 0 Å². The first-order valence-corrected chi connectivity index (χ1v) is 8.01. The molecule has 116 valence electrons. The molecule has 22 heavy (non-hydrogen) atoms. The summed E-state index contributed by atoms with van der Waals surface area (Å²) in [6.07, 6.45) is 4.54. The average molecular weight is 319 g/mol. The van der Waals surface area contributed by atoms with Gasteiger partial charge in [0.2, 0.25) is 5.91 Å². The Bertz CT molecular complexity index is 657. The number of carbonyl (C=O) groups is 2. The number of anilines is 1. The fraction of sp³-hybridized carbons (Fsp3) is 0.400. The van der Waals surface area contributed by atoms with Gasteiger partial charge in [0.05, 0.1) is 6.26 Å². The van der Waals surface area contributed by atoms with E-state index in [1.807, 2.05) is 6.92 Å². The molecule has 7 heteroatoms. The van der Waals surface area contributed by atoms with Crippen LogP contribution in [0.1, 0.15) is 28.3 Å². The summed E-state index contributed by atoms with van der Waals surface area (Å²) in [5, 5.41) is 3.49. The van der Waals surface area contributed by atoms with E-state index in [9.17, 15) is 9.59 Å². The number of carbonyl (C=O) groups excluding carboxylic acids is 2. The summed E-state index contributed by atoms with van der Waals surface area (Å²) in [5.74, 6) is 0.143. The highest BCUT2D eigenvalue weighted by molar-refractivity contribution is 7.15. The van der Waals surface area contributed by atoms with Crippen LogP contribution in [-0.2, 0) is 4.79 Å². The molecule has 1 saturated heterocycles. The molecular formula is C15H17N3O3S. The van der Waals surface area contributed by atoms with E-state index in [0.29, 0.717) is 36.8 Å². The SMILES string of the molecule is Cc1cnc(NC(=O)C2CCN(C(=O)c3ccco3)CC2)s1. The fourth-order valence-electron chi connectivity index (χ4n) is 2.52. The summed E-state index contributed by atoms with van der Waals surface area (Å²) in [6.45, 7) is 3.08. The quantitative estimate of drug-likeness (QED) is 0.943. The Hall–Kier alpha value is -2.15. The number of furan rings is 1. The lowest BCUT2D eigenvalue weighted by Gasteiger charge is -2.30. The number of hydrogen-bond donors (Lipinski definition) is 1. The second-order valence-corrected chi connectivity index (χ2v) is 6.54. The molecule has 3 heterocycles. The van der Waals surface area contributed by atoms with Crippen molar-refractivity contribution < 1.29 is 14.0 Å². The van der Waals surface area contributed by atoms with Gasteiger partial charge in [0.15, 0.2) is 10.9 Å². The summed E-state index contributed by atoms with van der Waals surface area (Å²) < 4.78 is 5.13. The van der Waals surface area contributed by atoms with Gasteiger partial charge in [-0.15, -0.1) is 11.3 Å². The smallest absolute Gasteiger partial charge is 0.289 e. The van der Waals surface area contributed by atoms with E-state index in [0.717, 1.165) is 4.88 Å². The first-order chi connectivity index (χ1) is 10.6. The highest BCUT2D eigenvalue weighted by Gasteiger charge is 2.29. The predicted octanol–water partition coefficient (Wildman–Crippen LogP) is 2.54. The number of aromatic nitrogens is 1. The number of rotatable bonds is 3. The van der Waals surface area contributed by atoms with Crippen LogP contribution < -0.4 is 5.32 Å². The molecule has 2 aromatic heterocycles. The van der Waals surface area contributed by atoms with Crippen LogP contribution in [0.15, 0.2) is 29.0 Å². The van der Waals surface area contributed by atoms with Crippen LogP contribution in [-0.4, -0.2) is 34.8 Å². The molecule has 0 saturated carbocycles. The molecular weight excluding hydrogens is 302 g/mol. The van der Waals surface area contributed by atoms with Crippen LogP contribution in [0.3, 0.4) is 0 Å². The van der Waals surface area contributed by atoms with Crippen LogP contribution in [0.2, 0.25) is 0 Å². The van der Waals surface area contributed by atoms with E-state index in [1.165, 1.54) is 17.6 Å². The molecule has 0 aromatic carbocycles. The van der Waals surface area contributed by atoms with Crippen molar-refractivity contribution in [2.45, 2.75) is 19.8 Å². The molecule has 1 aliphatic rings. The van der Waals surface area contributed by atoms with Crippen LogP contribution >= 0.6 is 11.3 Å². The topological polar surface area (TPSA) is 75.4 Å². The Morgan fingerprint density at radius 2 is 2.18 bits per heavy atom. The Morgan fingerprint density at radius 3 is 2.77 bits per heavy atom. The van der Waals surface area contributed by atoms with Gasteiger partial charge in [-0.2, -0.15) is 0 Å². The number of aryl methyl sites for hydroxylation is 1. The van der Waals surface area contributed by atoms with E-state index in [1.54, 1.807) is 23.2 Å². The van der Waals surface area contributed by atoms with Crippen molar-refractivity contribution in [3.05, 3.63) is 35.2 Å². The molecule has 2 amide bonds. The summed E-state index contributed by atoms with van der Waals surface area (Å²) in [6, 6.07) is 3.36. The Kier molecular flexibility index (Phi) is 4.24. The first kappa shape index (κ1) is 14.8. The largest absolute Gasteiger partial charge is 0.459 e. The zero-order valence-electron chi connectivity index (χ0n) is 12.2. The van der Waals surface area contributed by atoms with Crippen LogP contribution in [0.5, 0.6) is 0 Å². The minimum absolute atomic E-state index is 0.0144. The van der Waals surface area contributed by atoms with Gasteiger partial charge < -0.3 is 14.6 Å². The summed E-state index contributed by atoms with van der Waals surface area (Å²) >= 11 is 1.46. The summed E-state index contributed by atoms with van der Waals surface area (Å²) in [5.41, 5.74) is 0. The van der Waals surface area contributed by atoms with Gasteiger partial charge >= 0.3 is 0 Å². The minimum atomic E-state index is -0.112. The standard InChI is InChI=1S/C15H17N3O3S/c1-10-9-16-15(22-10)17-13(19)11-4-6-18(7-5-11)14(20)12-3-2-8-21-12/h2-3,8-9,11H,4-7H2,1H3,(H,16,17,19). The van der Waals surface area contributed by atoms with Gasteiger partial charge in [0, 0.05) is 30.1 Å². The van der Waals surface area contributed by atoms with Crippen LogP contribution in [0.4, 0.5) is 5.13 Å². The zero-order valence-corrected chi connectivity index (χ0v) is 13.1. The van der Waals surface area contributed by atoms with Crippen molar-refractivity contribution in [3.63, 3.8) is 0 Å². The van der Waals surface area contributed by atoms with Crippen LogP contribution in [0.25, 0.3) is 0 Å². The Balaban J connectivity index is 1.53. The van der Waals surface area contributed by atoms with Gasteiger partial charge in [-0.1, -0.05) is 0 Å².